The van der Waals surface area contributed by atoms with Crippen molar-refractivity contribution in [3.05, 3.63) is 23.7 Å². The third-order valence-electron chi connectivity index (χ3n) is 3.30. The second-order valence-corrected chi connectivity index (χ2v) is 4.48. The molecule has 1 aliphatic rings. The fourth-order valence-electron chi connectivity index (χ4n) is 2.38. The topological polar surface area (TPSA) is 45.5 Å². The standard InChI is InChI=1S/C13H20N2O2/c1-3-15(11-6-8-14-9-7-11)13(16)12-5-4-10(2)17-12/h4-5,11,14H,3,6-9H2,1-2H3. The third-order valence-corrected chi connectivity index (χ3v) is 3.30. The van der Waals surface area contributed by atoms with E-state index in [-0.39, 0.29) is 5.91 Å². The van der Waals surface area contributed by atoms with E-state index in [2.05, 4.69) is 5.32 Å². The van der Waals surface area contributed by atoms with Crippen LogP contribution in [0.3, 0.4) is 0 Å². The molecule has 4 heteroatoms. The summed E-state index contributed by atoms with van der Waals surface area (Å²) >= 11 is 0. The highest BCUT2D eigenvalue weighted by atomic mass is 16.3. The summed E-state index contributed by atoms with van der Waals surface area (Å²) in [5.74, 6) is 1.27. The van der Waals surface area contributed by atoms with E-state index < -0.39 is 0 Å². The predicted molar refractivity (Wildman–Crippen MR) is 66.0 cm³/mol. The van der Waals surface area contributed by atoms with Crippen LogP contribution in [0, 0.1) is 6.92 Å². The summed E-state index contributed by atoms with van der Waals surface area (Å²) in [7, 11) is 0. The summed E-state index contributed by atoms with van der Waals surface area (Å²) in [6.07, 6.45) is 2.05. The van der Waals surface area contributed by atoms with Crippen LogP contribution in [-0.4, -0.2) is 36.5 Å². The van der Waals surface area contributed by atoms with Gasteiger partial charge in [-0.2, -0.15) is 0 Å². The van der Waals surface area contributed by atoms with Crippen molar-refractivity contribution in [1.29, 1.82) is 0 Å². The number of furan rings is 1. The lowest BCUT2D eigenvalue weighted by molar-refractivity contribution is 0.0622. The van der Waals surface area contributed by atoms with Gasteiger partial charge in [0.2, 0.25) is 0 Å². The van der Waals surface area contributed by atoms with E-state index >= 15 is 0 Å². The summed E-state index contributed by atoms with van der Waals surface area (Å²) in [6.45, 7) is 6.60. The van der Waals surface area contributed by atoms with Crippen molar-refractivity contribution < 1.29 is 9.21 Å². The van der Waals surface area contributed by atoms with Crippen molar-refractivity contribution in [2.45, 2.75) is 32.7 Å². The van der Waals surface area contributed by atoms with Crippen molar-refractivity contribution in [2.24, 2.45) is 0 Å². The number of aryl methyl sites for hydroxylation is 1. The number of hydrogen-bond acceptors (Lipinski definition) is 3. The number of nitrogens with one attached hydrogen (secondary N) is 1. The molecule has 1 aromatic rings. The van der Waals surface area contributed by atoms with Crippen molar-refractivity contribution in [3.63, 3.8) is 0 Å². The Morgan fingerprint density at radius 1 is 1.47 bits per heavy atom. The van der Waals surface area contributed by atoms with Gasteiger partial charge in [0, 0.05) is 12.6 Å². The first kappa shape index (κ1) is 12.2. The zero-order valence-electron chi connectivity index (χ0n) is 10.5. The summed E-state index contributed by atoms with van der Waals surface area (Å²) in [5.41, 5.74) is 0. The number of piperidine rings is 1. The van der Waals surface area contributed by atoms with Gasteiger partial charge in [0.25, 0.3) is 5.91 Å². The number of amides is 1. The molecule has 0 bridgehead atoms. The Labute approximate surface area is 102 Å². The molecule has 4 nitrogen and oxygen atoms in total. The molecule has 0 aliphatic carbocycles. The predicted octanol–water partition coefficient (Wildman–Crippen LogP) is 1.80. The molecule has 2 rings (SSSR count). The van der Waals surface area contributed by atoms with Gasteiger partial charge < -0.3 is 14.6 Å². The minimum atomic E-state index is 0.0208. The summed E-state index contributed by atoms with van der Waals surface area (Å²) in [6, 6.07) is 3.95. The van der Waals surface area contributed by atoms with E-state index in [0.29, 0.717) is 11.8 Å². The first-order valence-corrected chi connectivity index (χ1v) is 6.30. The summed E-state index contributed by atoms with van der Waals surface area (Å²) < 4.78 is 5.41. The highest BCUT2D eigenvalue weighted by Crippen LogP contribution is 2.16. The Morgan fingerprint density at radius 2 is 2.18 bits per heavy atom. The second kappa shape index (κ2) is 5.36. The Kier molecular flexibility index (Phi) is 3.84. The van der Waals surface area contributed by atoms with Crippen LogP contribution in [0.25, 0.3) is 0 Å². The van der Waals surface area contributed by atoms with Crippen LogP contribution in [0.4, 0.5) is 0 Å². The van der Waals surface area contributed by atoms with Gasteiger partial charge in [0.05, 0.1) is 0 Å². The van der Waals surface area contributed by atoms with Crippen molar-refractivity contribution >= 4 is 5.91 Å². The molecular weight excluding hydrogens is 216 g/mol. The number of carbonyl (C=O) groups excluding carboxylic acids is 1. The Hall–Kier alpha value is -1.29. The minimum absolute atomic E-state index is 0.0208. The second-order valence-electron chi connectivity index (χ2n) is 4.48. The quantitative estimate of drug-likeness (QED) is 0.870. The van der Waals surface area contributed by atoms with Crippen LogP contribution < -0.4 is 5.32 Å². The van der Waals surface area contributed by atoms with Crippen LogP contribution in [-0.2, 0) is 0 Å². The van der Waals surface area contributed by atoms with Crippen LogP contribution in [0.1, 0.15) is 36.1 Å². The fourth-order valence-corrected chi connectivity index (χ4v) is 2.38. The van der Waals surface area contributed by atoms with Gasteiger partial charge in [-0.3, -0.25) is 4.79 Å². The average molecular weight is 236 g/mol. The average Bonchev–Trinajstić information content (AvgIpc) is 2.78. The molecule has 17 heavy (non-hydrogen) atoms. The molecule has 1 aromatic heterocycles. The van der Waals surface area contributed by atoms with Gasteiger partial charge in [-0.1, -0.05) is 0 Å². The Bertz CT molecular complexity index is 381. The van der Waals surface area contributed by atoms with E-state index in [0.717, 1.165) is 38.2 Å². The highest BCUT2D eigenvalue weighted by molar-refractivity contribution is 5.91. The fraction of sp³-hybridized carbons (Fsp3) is 0.615. The van der Waals surface area contributed by atoms with Crippen LogP contribution in [0.2, 0.25) is 0 Å². The first-order chi connectivity index (χ1) is 8.22. The molecule has 94 valence electrons. The van der Waals surface area contributed by atoms with Crippen molar-refractivity contribution in [3.8, 4) is 0 Å². The van der Waals surface area contributed by atoms with E-state index in [1.165, 1.54) is 0 Å². The summed E-state index contributed by atoms with van der Waals surface area (Å²) in [5, 5.41) is 3.32. The lowest BCUT2D eigenvalue weighted by Gasteiger charge is -2.33. The van der Waals surface area contributed by atoms with Gasteiger partial charge >= 0.3 is 0 Å². The van der Waals surface area contributed by atoms with Crippen LogP contribution in [0.15, 0.2) is 16.5 Å². The number of carbonyl (C=O) groups is 1. The molecule has 0 unspecified atom stereocenters. The van der Waals surface area contributed by atoms with E-state index in [1.54, 1.807) is 6.07 Å². The molecular formula is C13H20N2O2. The zero-order valence-corrected chi connectivity index (χ0v) is 10.5. The van der Waals surface area contributed by atoms with Gasteiger partial charge in [-0.25, -0.2) is 0 Å². The van der Waals surface area contributed by atoms with E-state index in [4.69, 9.17) is 4.42 Å². The maximum atomic E-state index is 12.3. The van der Waals surface area contributed by atoms with Gasteiger partial charge in [-0.05, 0) is 51.9 Å². The minimum Gasteiger partial charge on any atom is -0.456 e. The molecule has 1 saturated heterocycles. The largest absolute Gasteiger partial charge is 0.456 e. The maximum Gasteiger partial charge on any atom is 0.289 e. The smallest absolute Gasteiger partial charge is 0.289 e. The summed E-state index contributed by atoms with van der Waals surface area (Å²) in [4.78, 5) is 14.2. The maximum absolute atomic E-state index is 12.3. The molecule has 1 fully saturated rings. The molecule has 0 atom stereocenters. The Balaban J connectivity index is 2.09. The van der Waals surface area contributed by atoms with Gasteiger partial charge in [0.1, 0.15) is 5.76 Å². The zero-order chi connectivity index (χ0) is 12.3. The SMILES string of the molecule is CCN(C(=O)c1ccc(C)o1)C1CCNCC1. The van der Waals surface area contributed by atoms with E-state index in [1.807, 2.05) is 24.8 Å². The molecule has 1 N–H and O–H groups in total. The Morgan fingerprint density at radius 3 is 2.71 bits per heavy atom. The molecule has 1 aliphatic heterocycles. The number of nitrogens with zero attached hydrogens (tertiary/aromatic N) is 1. The molecule has 0 saturated carbocycles. The lowest BCUT2D eigenvalue weighted by Crippen LogP contribution is -2.45. The van der Waals surface area contributed by atoms with Gasteiger partial charge in [-0.15, -0.1) is 0 Å². The van der Waals surface area contributed by atoms with Crippen LogP contribution >= 0.6 is 0 Å². The molecule has 1 amide bonds. The monoisotopic (exact) mass is 236 g/mol. The number of hydrogen-bond donors (Lipinski definition) is 1. The normalized spacial score (nSPS) is 17.1. The highest BCUT2D eigenvalue weighted by Gasteiger charge is 2.26. The van der Waals surface area contributed by atoms with Crippen molar-refractivity contribution in [2.75, 3.05) is 19.6 Å². The first-order valence-electron chi connectivity index (χ1n) is 6.30. The lowest BCUT2D eigenvalue weighted by atomic mass is 10.0. The van der Waals surface area contributed by atoms with E-state index in [9.17, 15) is 4.79 Å². The third kappa shape index (κ3) is 2.69. The van der Waals surface area contributed by atoms with Crippen molar-refractivity contribution in [1.82, 2.24) is 10.2 Å². The van der Waals surface area contributed by atoms with Crippen LogP contribution in [0.5, 0.6) is 0 Å². The molecule has 2 heterocycles. The number of rotatable bonds is 3. The van der Waals surface area contributed by atoms with Gasteiger partial charge in [0.15, 0.2) is 5.76 Å². The molecule has 0 aromatic carbocycles. The molecule has 0 radical (unpaired) electrons. The molecule has 0 spiro atoms.